The van der Waals surface area contributed by atoms with Gasteiger partial charge in [-0.1, -0.05) is 26.0 Å². The molecule has 3 aliphatic carbocycles. The monoisotopic (exact) mass is 362 g/mol. The van der Waals surface area contributed by atoms with Crippen LogP contribution >= 0.6 is 0 Å². The lowest BCUT2D eigenvalue weighted by Gasteiger charge is -2.42. The van der Waals surface area contributed by atoms with E-state index in [1.165, 1.54) is 19.3 Å². The summed E-state index contributed by atoms with van der Waals surface area (Å²) >= 11 is 0. The smallest absolute Gasteiger partial charge is 0.184 e. The van der Waals surface area contributed by atoms with Crippen LogP contribution in [0, 0.1) is 29.1 Å². The molecule has 6 atom stereocenters. The molecule has 2 fully saturated rings. The number of rotatable bonds is 5. The van der Waals surface area contributed by atoms with E-state index in [4.69, 9.17) is 4.43 Å². The first kappa shape index (κ1) is 19.4. The molecule has 3 rings (SSSR count). The van der Waals surface area contributed by atoms with E-state index in [2.05, 4.69) is 52.6 Å². The van der Waals surface area contributed by atoms with Crippen LogP contribution in [0.5, 0.6) is 0 Å². The molecule has 3 heteroatoms. The van der Waals surface area contributed by atoms with Crippen LogP contribution in [0.4, 0.5) is 0 Å². The molecule has 142 valence electrons. The van der Waals surface area contributed by atoms with Crippen LogP contribution in [0.25, 0.3) is 0 Å². The molecule has 3 aliphatic rings. The second-order valence-electron chi connectivity index (χ2n) is 10.6. The summed E-state index contributed by atoms with van der Waals surface area (Å²) in [6.07, 6.45) is 12.7. The molecule has 0 saturated heterocycles. The largest absolute Gasteiger partial charge is 0.409 e. The SMILES string of the molecule is C[C@H](C[C@@H]1C=C[C@@](C)(O[Si](C)(C)C)C1)[C@H]1CCC2C(=O)CCC[C@@]21C. The predicted octanol–water partition coefficient (Wildman–Crippen LogP) is 5.98. The molecule has 1 unspecified atom stereocenters. The molecule has 2 saturated carbocycles. The first-order chi connectivity index (χ1) is 11.5. The minimum Gasteiger partial charge on any atom is -0.409 e. The van der Waals surface area contributed by atoms with Crippen LogP contribution in [0.15, 0.2) is 12.2 Å². The molecular formula is C22H38O2Si. The van der Waals surface area contributed by atoms with Gasteiger partial charge >= 0.3 is 0 Å². The highest BCUT2D eigenvalue weighted by Crippen LogP contribution is 2.57. The number of fused-ring (bicyclic) bond motifs is 1. The Morgan fingerprint density at radius 3 is 2.68 bits per heavy atom. The maximum absolute atomic E-state index is 12.4. The van der Waals surface area contributed by atoms with Crippen molar-refractivity contribution < 1.29 is 9.22 Å². The van der Waals surface area contributed by atoms with Gasteiger partial charge in [-0.2, -0.15) is 0 Å². The van der Waals surface area contributed by atoms with Crippen molar-refractivity contribution in [2.24, 2.45) is 29.1 Å². The standard InChI is InChI=1S/C22H38O2Si/c1-16(14-17-11-13-21(2,15-17)24-25(4,5)6)18-9-10-19-20(23)8-7-12-22(18,19)3/h11,13,16-19H,7-10,12,14-15H2,1-6H3/t16-,17+,18-,19?,21-,22-/m1/s1. The van der Waals surface area contributed by atoms with Crippen LogP contribution in [-0.4, -0.2) is 19.7 Å². The topological polar surface area (TPSA) is 26.3 Å². The lowest BCUT2D eigenvalue weighted by atomic mass is 9.61. The van der Waals surface area contributed by atoms with E-state index in [0.717, 1.165) is 31.6 Å². The number of ketones is 1. The molecule has 0 radical (unpaired) electrons. The number of Topliss-reactive ketones (excluding diaryl/α,β-unsaturated/α-hetero) is 1. The molecule has 0 N–H and O–H groups in total. The van der Waals surface area contributed by atoms with Gasteiger partial charge < -0.3 is 4.43 Å². The Bertz CT molecular complexity index is 549. The molecule has 2 nitrogen and oxygen atoms in total. The van der Waals surface area contributed by atoms with Gasteiger partial charge in [-0.15, -0.1) is 0 Å². The van der Waals surface area contributed by atoms with Crippen LogP contribution < -0.4 is 0 Å². The Morgan fingerprint density at radius 1 is 1.28 bits per heavy atom. The number of carbonyl (C=O) groups excluding carboxylic acids is 1. The second-order valence-corrected chi connectivity index (χ2v) is 15.1. The van der Waals surface area contributed by atoms with Crippen LogP contribution in [0.3, 0.4) is 0 Å². The fourth-order valence-electron chi connectivity index (χ4n) is 6.48. The zero-order valence-corrected chi connectivity index (χ0v) is 18.2. The van der Waals surface area contributed by atoms with E-state index in [-0.39, 0.29) is 11.0 Å². The molecule has 0 aromatic heterocycles. The van der Waals surface area contributed by atoms with Crippen molar-refractivity contribution in [2.45, 2.75) is 91.0 Å². The number of carbonyl (C=O) groups is 1. The van der Waals surface area contributed by atoms with Crippen LogP contribution in [0.2, 0.25) is 19.6 Å². The van der Waals surface area contributed by atoms with E-state index in [1.54, 1.807) is 0 Å². The van der Waals surface area contributed by atoms with Gasteiger partial charge in [0.15, 0.2) is 8.32 Å². The predicted molar refractivity (Wildman–Crippen MR) is 107 cm³/mol. The van der Waals surface area contributed by atoms with Crippen molar-refractivity contribution in [2.75, 3.05) is 0 Å². The molecule has 0 amide bonds. The number of hydrogen-bond acceptors (Lipinski definition) is 2. The van der Waals surface area contributed by atoms with Gasteiger partial charge in [0, 0.05) is 12.3 Å². The lowest BCUT2D eigenvalue weighted by Crippen LogP contribution is -2.40. The summed E-state index contributed by atoms with van der Waals surface area (Å²) in [5, 5.41) is 0. The highest BCUT2D eigenvalue weighted by Gasteiger charge is 2.52. The fraction of sp³-hybridized carbons (Fsp3) is 0.864. The summed E-state index contributed by atoms with van der Waals surface area (Å²) in [6, 6.07) is 0. The third kappa shape index (κ3) is 3.97. The summed E-state index contributed by atoms with van der Waals surface area (Å²) in [7, 11) is -1.52. The highest BCUT2D eigenvalue weighted by molar-refractivity contribution is 6.69. The molecule has 0 aromatic carbocycles. The molecule has 25 heavy (non-hydrogen) atoms. The molecule has 0 aliphatic heterocycles. The van der Waals surface area contributed by atoms with Gasteiger partial charge in [-0.3, -0.25) is 4.79 Å². The van der Waals surface area contributed by atoms with Gasteiger partial charge in [0.05, 0.1) is 5.60 Å². The average Bonchev–Trinajstić information content (AvgIpc) is 2.98. The second kappa shape index (κ2) is 6.63. The third-order valence-corrected chi connectivity index (χ3v) is 8.30. The Hall–Kier alpha value is -0.413. The Kier molecular flexibility index (Phi) is 5.14. The summed E-state index contributed by atoms with van der Waals surface area (Å²) in [4.78, 5) is 12.4. The van der Waals surface area contributed by atoms with Gasteiger partial charge in [-0.25, -0.2) is 0 Å². The number of hydrogen-bond donors (Lipinski definition) is 0. The maximum atomic E-state index is 12.4. The molecule has 0 aromatic rings. The van der Waals surface area contributed by atoms with E-state index in [0.29, 0.717) is 23.5 Å². The highest BCUT2D eigenvalue weighted by atomic mass is 28.4. The first-order valence-corrected chi connectivity index (χ1v) is 13.9. The van der Waals surface area contributed by atoms with Crippen molar-refractivity contribution in [1.82, 2.24) is 0 Å². The van der Waals surface area contributed by atoms with Gasteiger partial charge in [0.1, 0.15) is 5.78 Å². The van der Waals surface area contributed by atoms with Gasteiger partial charge in [0.25, 0.3) is 0 Å². The van der Waals surface area contributed by atoms with Crippen molar-refractivity contribution in [3.8, 4) is 0 Å². The van der Waals surface area contributed by atoms with Crippen molar-refractivity contribution in [1.29, 1.82) is 0 Å². The maximum Gasteiger partial charge on any atom is 0.184 e. The zero-order chi connectivity index (χ0) is 18.5. The Morgan fingerprint density at radius 2 is 2.00 bits per heavy atom. The van der Waals surface area contributed by atoms with Crippen LogP contribution in [0.1, 0.15) is 65.7 Å². The first-order valence-electron chi connectivity index (χ1n) is 10.4. The zero-order valence-electron chi connectivity index (χ0n) is 17.2. The number of allylic oxidation sites excluding steroid dienone is 1. The summed E-state index contributed by atoms with van der Waals surface area (Å²) in [6.45, 7) is 14.0. The van der Waals surface area contributed by atoms with E-state index in [1.807, 2.05) is 0 Å². The normalized spacial score (nSPS) is 42.6. The van der Waals surface area contributed by atoms with Gasteiger partial charge in [0.2, 0.25) is 0 Å². The third-order valence-electron chi connectivity index (χ3n) is 7.23. The molecule has 0 bridgehead atoms. The quantitative estimate of drug-likeness (QED) is 0.444. The van der Waals surface area contributed by atoms with E-state index < -0.39 is 8.32 Å². The van der Waals surface area contributed by atoms with E-state index >= 15 is 0 Å². The lowest BCUT2D eigenvalue weighted by molar-refractivity contribution is -0.130. The van der Waals surface area contributed by atoms with Gasteiger partial charge in [-0.05, 0) is 88.3 Å². The van der Waals surface area contributed by atoms with Crippen molar-refractivity contribution >= 4 is 14.1 Å². The van der Waals surface area contributed by atoms with Crippen LogP contribution in [-0.2, 0) is 9.22 Å². The molecule has 0 spiro atoms. The molecular weight excluding hydrogens is 324 g/mol. The minimum absolute atomic E-state index is 0.0578. The minimum atomic E-state index is -1.52. The fourth-order valence-corrected chi connectivity index (χ4v) is 8.03. The summed E-state index contributed by atoms with van der Waals surface area (Å²) in [5.41, 5.74) is 0.215. The summed E-state index contributed by atoms with van der Waals surface area (Å²) in [5.74, 6) is 2.97. The molecule has 0 heterocycles. The van der Waals surface area contributed by atoms with E-state index in [9.17, 15) is 4.79 Å². The average molecular weight is 363 g/mol. The summed E-state index contributed by atoms with van der Waals surface area (Å²) < 4.78 is 6.45. The Labute approximate surface area is 155 Å². The van der Waals surface area contributed by atoms with Crippen molar-refractivity contribution in [3.05, 3.63) is 12.2 Å². The Balaban J connectivity index is 1.61. The van der Waals surface area contributed by atoms with Crippen molar-refractivity contribution in [3.63, 3.8) is 0 Å².